The van der Waals surface area contributed by atoms with Crippen LogP contribution in [0, 0.1) is 6.92 Å². The fourth-order valence-corrected chi connectivity index (χ4v) is 4.80. The lowest BCUT2D eigenvalue weighted by Gasteiger charge is -2.32. The number of nitrogens with zero attached hydrogens (tertiary/aromatic N) is 3. The third-order valence-corrected chi connectivity index (χ3v) is 6.91. The zero-order chi connectivity index (χ0) is 25.2. The molecule has 0 saturated carbocycles. The molecule has 1 fully saturated rings. The summed E-state index contributed by atoms with van der Waals surface area (Å²) < 4.78 is 11.1. The first-order valence-electron chi connectivity index (χ1n) is 12.1. The Hall–Kier alpha value is -3.33. The van der Waals surface area contributed by atoms with E-state index in [1.54, 1.807) is 25.1 Å². The molecule has 0 radical (unpaired) electrons. The van der Waals surface area contributed by atoms with E-state index in [1.165, 1.54) is 0 Å². The van der Waals surface area contributed by atoms with E-state index in [0.29, 0.717) is 28.2 Å². The molecule has 2 aromatic heterocycles. The highest BCUT2D eigenvalue weighted by Crippen LogP contribution is 2.37. The molecule has 5 rings (SSSR count). The first-order chi connectivity index (χ1) is 17.4. The van der Waals surface area contributed by atoms with E-state index >= 15 is 0 Å². The van der Waals surface area contributed by atoms with Crippen LogP contribution < -0.4 is 4.74 Å². The first kappa shape index (κ1) is 24.4. The van der Waals surface area contributed by atoms with Gasteiger partial charge in [-0.05, 0) is 50.2 Å². The molecule has 1 saturated heterocycles. The second-order valence-electron chi connectivity index (χ2n) is 9.26. The van der Waals surface area contributed by atoms with Gasteiger partial charge in [-0.3, -0.25) is 4.79 Å². The van der Waals surface area contributed by atoms with Crippen molar-refractivity contribution in [1.29, 1.82) is 0 Å². The summed E-state index contributed by atoms with van der Waals surface area (Å²) in [5.41, 5.74) is 2.89. The summed E-state index contributed by atoms with van der Waals surface area (Å²) in [4.78, 5) is 20.7. The number of piperazine rings is 1. The molecule has 188 valence electrons. The molecule has 36 heavy (non-hydrogen) atoms. The van der Waals surface area contributed by atoms with Crippen molar-refractivity contribution < 1.29 is 19.2 Å². The highest BCUT2D eigenvalue weighted by molar-refractivity contribution is 6.34. The van der Waals surface area contributed by atoms with Gasteiger partial charge in [0.05, 0.1) is 28.4 Å². The number of halogens is 1. The number of nitrogens with one attached hydrogen (secondary N) is 1. The molecule has 1 aliphatic rings. The highest BCUT2D eigenvalue weighted by Gasteiger charge is 2.24. The number of ketones is 1. The van der Waals surface area contributed by atoms with Gasteiger partial charge in [0, 0.05) is 49.7 Å². The van der Waals surface area contributed by atoms with Crippen molar-refractivity contribution in [3.05, 3.63) is 64.5 Å². The van der Waals surface area contributed by atoms with Gasteiger partial charge < -0.3 is 29.2 Å². The molecular weight excluding hydrogens is 480 g/mol. The molecule has 8 nitrogen and oxygen atoms in total. The van der Waals surface area contributed by atoms with Crippen LogP contribution in [0.5, 0.6) is 11.6 Å². The van der Waals surface area contributed by atoms with Crippen LogP contribution in [0.4, 0.5) is 0 Å². The van der Waals surface area contributed by atoms with Crippen LogP contribution in [0.15, 0.2) is 47.0 Å². The Labute approximate surface area is 214 Å². The fourth-order valence-electron chi connectivity index (χ4n) is 4.53. The van der Waals surface area contributed by atoms with Gasteiger partial charge in [-0.25, -0.2) is 0 Å². The molecule has 0 spiro atoms. The maximum atomic E-state index is 13.0. The van der Waals surface area contributed by atoms with Gasteiger partial charge in [0.2, 0.25) is 17.4 Å². The standard InChI is InChI=1S/C27H29ClN4O4/c1-17-14-24(36-30-17)26(33)25-21-15-20(22(28)16-23(21)29-27(25)34)18-4-6-19(7-5-18)35-13-3-8-32-11-9-31(2)10-12-32/h4-7,14-16,29,34H,3,8-13H2,1-2H3. The number of carbonyl (C=O) groups is 1. The average molecular weight is 509 g/mol. The van der Waals surface area contributed by atoms with Crippen LogP contribution in [0.1, 0.15) is 28.2 Å². The zero-order valence-electron chi connectivity index (χ0n) is 20.4. The van der Waals surface area contributed by atoms with Gasteiger partial charge in [-0.1, -0.05) is 28.9 Å². The molecule has 2 N–H and O–H groups in total. The number of H-pyrrole nitrogens is 1. The van der Waals surface area contributed by atoms with Crippen molar-refractivity contribution in [3.63, 3.8) is 0 Å². The lowest BCUT2D eigenvalue weighted by molar-refractivity contribution is 0.0999. The molecular formula is C27H29ClN4O4. The third-order valence-electron chi connectivity index (χ3n) is 6.59. The number of carbonyl (C=O) groups excluding carboxylic acids is 1. The van der Waals surface area contributed by atoms with Crippen molar-refractivity contribution in [1.82, 2.24) is 19.9 Å². The minimum atomic E-state index is -0.451. The molecule has 0 aliphatic carbocycles. The third kappa shape index (κ3) is 5.11. The second kappa shape index (κ2) is 10.3. The summed E-state index contributed by atoms with van der Waals surface area (Å²) in [5.74, 6) is 0.171. The molecule has 2 aromatic carbocycles. The summed E-state index contributed by atoms with van der Waals surface area (Å²) in [5, 5.41) is 15.3. The molecule has 1 aliphatic heterocycles. The molecule has 3 heterocycles. The van der Waals surface area contributed by atoms with E-state index < -0.39 is 5.78 Å². The van der Waals surface area contributed by atoms with Gasteiger partial charge in [0.25, 0.3) is 0 Å². The Morgan fingerprint density at radius 1 is 1.17 bits per heavy atom. The topological polar surface area (TPSA) is 94.8 Å². The van der Waals surface area contributed by atoms with Crippen LogP contribution >= 0.6 is 11.6 Å². The van der Waals surface area contributed by atoms with E-state index in [4.69, 9.17) is 20.9 Å². The Kier molecular flexibility index (Phi) is 7.00. The number of hydrogen-bond acceptors (Lipinski definition) is 7. The van der Waals surface area contributed by atoms with Crippen LogP contribution in [0.25, 0.3) is 22.0 Å². The maximum Gasteiger partial charge on any atom is 0.237 e. The number of aromatic hydroxyl groups is 1. The Balaban J connectivity index is 1.29. The number of aromatic amines is 1. The van der Waals surface area contributed by atoms with Gasteiger partial charge in [-0.15, -0.1) is 0 Å². The smallest absolute Gasteiger partial charge is 0.237 e. The number of fused-ring (bicyclic) bond motifs is 1. The Bertz CT molecular complexity index is 1370. The van der Waals surface area contributed by atoms with Gasteiger partial charge in [-0.2, -0.15) is 0 Å². The van der Waals surface area contributed by atoms with Crippen LogP contribution in [0.2, 0.25) is 5.02 Å². The molecule has 0 unspecified atom stereocenters. The quantitative estimate of drug-likeness (QED) is 0.262. The Morgan fingerprint density at radius 2 is 1.92 bits per heavy atom. The van der Waals surface area contributed by atoms with Crippen LogP contribution in [-0.2, 0) is 0 Å². The fraction of sp³-hybridized carbons (Fsp3) is 0.333. The molecule has 9 heteroatoms. The molecule has 0 bridgehead atoms. The molecule has 0 amide bonds. The predicted octanol–water partition coefficient (Wildman–Crippen LogP) is 4.74. The van der Waals surface area contributed by atoms with Crippen molar-refractivity contribution in [2.75, 3.05) is 46.4 Å². The first-order valence-corrected chi connectivity index (χ1v) is 12.4. The van der Waals surface area contributed by atoms with Crippen molar-refractivity contribution in [3.8, 4) is 22.8 Å². The summed E-state index contributed by atoms with van der Waals surface area (Å²) in [7, 11) is 2.16. The highest BCUT2D eigenvalue weighted by atomic mass is 35.5. The van der Waals surface area contributed by atoms with Gasteiger partial charge in [0.15, 0.2) is 0 Å². The number of hydrogen-bond donors (Lipinski definition) is 2. The number of rotatable bonds is 8. The van der Waals surface area contributed by atoms with Gasteiger partial charge in [0.1, 0.15) is 5.75 Å². The van der Waals surface area contributed by atoms with E-state index in [2.05, 4.69) is 27.0 Å². The zero-order valence-corrected chi connectivity index (χ0v) is 21.1. The van der Waals surface area contributed by atoms with Crippen LogP contribution in [-0.4, -0.2) is 77.2 Å². The van der Waals surface area contributed by atoms with Gasteiger partial charge >= 0.3 is 0 Å². The predicted molar refractivity (Wildman–Crippen MR) is 139 cm³/mol. The van der Waals surface area contributed by atoms with E-state index in [0.717, 1.165) is 56.0 Å². The number of aryl methyl sites for hydroxylation is 1. The summed E-state index contributed by atoms with van der Waals surface area (Å²) in [6.45, 7) is 7.89. The minimum absolute atomic E-state index is 0.0642. The lowest BCUT2D eigenvalue weighted by atomic mass is 10.0. The lowest BCUT2D eigenvalue weighted by Crippen LogP contribution is -2.44. The van der Waals surface area contributed by atoms with E-state index in [9.17, 15) is 9.90 Å². The summed E-state index contributed by atoms with van der Waals surface area (Å²) in [6, 6.07) is 12.8. The number of likely N-dealkylation sites (N-methyl/N-ethyl adjacent to an activating group) is 1. The average Bonchev–Trinajstić information content (AvgIpc) is 3.44. The van der Waals surface area contributed by atoms with Crippen molar-refractivity contribution in [2.45, 2.75) is 13.3 Å². The van der Waals surface area contributed by atoms with E-state index in [-0.39, 0.29) is 17.2 Å². The number of aromatic nitrogens is 2. The maximum absolute atomic E-state index is 13.0. The monoisotopic (exact) mass is 508 g/mol. The summed E-state index contributed by atoms with van der Waals surface area (Å²) in [6.07, 6.45) is 0.979. The SMILES string of the molecule is Cc1cc(C(=O)c2c(O)[nH]c3cc(Cl)c(-c4ccc(OCCCN5CCN(C)CC5)cc4)cc23)on1. The molecule has 4 aromatic rings. The second-order valence-corrected chi connectivity index (χ2v) is 9.67. The van der Waals surface area contributed by atoms with E-state index in [1.807, 2.05) is 24.3 Å². The normalized spacial score (nSPS) is 15.0. The summed E-state index contributed by atoms with van der Waals surface area (Å²) >= 11 is 6.57. The number of benzene rings is 2. The Morgan fingerprint density at radius 3 is 2.61 bits per heavy atom. The molecule has 0 atom stereocenters. The van der Waals surface area contributed by atoms with Crippen LogP contribution in [0.3, 0.4) is 0 Å². The minimum Gasteiger partial charge on any atom is -0.494 e. The van der Waals surface area contributed by atoms with Crippen molar-refractivity contribution in [2.24, 2.45) is 0 Å². The number of ether oxygens (including phenoxy) is 1. The largest absolute Gasteiger partial charge is 0.494 e. The van der Waals surface area contributed by atoms with Crippen molar-refractivity contribution >= 4 is 28.3 Å².